The van der Waals surface area contributed by atoms with Crippen LogP contribution in [0.4, 0.5) is 0 Å². The van der Waals surface area contributed by atoms with Crippen molar-refractivity contribution < 1.29 is 9.53 Å². The Morgan fingerprint density at radius 1 is 1.55 bits per heavy atom. The number of ether oxygens (including phenoxy) is 1. The number of aromatic nitrogens is 3. The van der Waals surface area contributed by atoms with Gasteiger partial charge in [-0.15, -0.1) is 11.6 Å². The summed E-state index contributed by atoms with van der Waals surface area (Å²) >= 11 is 5.78. The second kappa shape index (κ2) is 7.21. The number of fused-ring (bicyclic) bond motifs is 1. The summed E-state index contributed by atoms with van der Waals surface area (Å²) in [5.41, 5.74) is 1.48. The number of nitrogens with one attached hydrogen (secondary N) is 1. The number of nitrogens with zero attached hydrogens (tertiary/aromatic N) is 3. The fourth-order valence-corrected chi connectivity index (χ4v) is 2.11. The highest BCUT2D eigenvalue weighted by molar-refractivity contribution is 6.17. The van der Waals surface area contributed by atoms with Gasteiger partial charge in [0.15, 0.2) is 5.65 Å². The molecular weight excluding hydrogens is 280 g/mol. The predicted octanol–water partition coefficient (Wildman–Crippen LogP) is 0.975. The van der Waals surface area contributed by atoms with Crippen LogP contribution in [0.2, 0.25) is 0 Å². The average Bonchev–Trinajstić information content (AvgIpc) is 2.78. The van der Waals surface area contributed by atoms with Crippen LogP contribution >= 0.6 is 11.6 Å². The summed E-state index contributed by atoms with van der Waals surface area (Å²) in [4.78, 5) is 20.7. The molecule has 0 aliphatic heterocycles. The van der Waals surface area contributed by atoms with E-state index in [1.807, 2.05) is 12.1 Å². The van der Waals surface area contributed by atoms with Crippen molar-refractivity contribution in [3.05, 3.63) is 24.2 Å². The molecule has 2 aromatic heterocycles. The van der Waals surface area contributed by atoms with Crippen molar-refractivity contribution >= 4 is 28.7 Å². The maximum atomic E-state index is 11.9. The van der Waals surface area contributed by atoms with Gasteiger partial charge >= 0.3 is 0 Å². The van der Waals surface area contributed by atoms with Gasteiger partial charge in [0.05, 0.1) is 6.61 Å². The number of hydrogen-bond donors (Lipinski definition) is 1. The van der Waals surface area contributed by atoms with Gasteiger partial charge in [-0.3, -0.25) is 4.79 Å². The first kappa shape index (κ1) is 14.7. The van der Waals surface area contributed by atoms with E-state index in [2.05, 4.69) is 15.3 Å². The van der Waals surface area contributed by atoms with Gasteiger partial charge in [0.25, 0.3) is 0 Å². The quantitative estimate of drug-likeness (QED) is 0.611. The molecule has 7 heteroatoms. The van der Waals surface area contributed by atoms with Crippen molar-refractivity contribution in [2.24, 2.45) is 0 Å². The van der Waals surface area contributed by atoms with Gasteiger partial charge < -0.3 is 14.6 Å². The van der Waals surface area contributed by atoms with E-state index in [1.54, 1.807) is 17.9 Å². The van der Waals surface area contributed by atoms with Gasteiger partial charge in [-0.25, -0.2) is 9.97 Å². The molecule has 0 saturated heterocycles. The van der Waals surface area contributed by atoms with Crippen LogP contribution in [-0.2, 0) is 22.5 Å². The zero-order valence-corrected chi connectivity index (χ0v) is 12.1. The van der Waals surface area contributed by atoms with Crippen LogP contribution in [0.25, 0.3) is 11.2 Å². The van der Waals surface area contributed by atoms with Gasteiger partial charge in [0.2, 0.25) is 5.91 Å². The van der Waals surface area contributed by atoms with E-state index in [-0.39, 0.29) is 12.5 Å². The van der Waals surface area contributed by atoms with Crippen LogP contribution in [0.15, 0.2) is 18.3 Å². The highest BCUT2D eigenvalue weighted by Crippen LogP contribution is 2.14. The molecule has 2 rings (SSSR count). The van der Waals surface area contributed by atoms with Crippen molar-refractivity contribution in [2.75, 3.05) is 26.1 Å². The number of imidazole rings is 1. The van der Waals surface area contributed by atoms with Crippen LogP contribution in [-0.4, -0.2) is 46.6 Å². The van der Waals surface area contributed by atoms with E-state index in [9.17, 15) is 4.79 Å². The number of carbonyl (C=O) groups is 1. The SMILES string of the molecule is COCCNC(=O)Cn1c(CCCl)nc2cccnc21. The number of methoxy groups -OCH3 is 1. The van der Waals surface area contributed by atoms with Crippen molar-refractivity contribution in [3.63, 3.8) is 0 Å². The number of hydrogen-bond acceptors (Lipinski definition) is 4. The normalized spacial score (nSPS) is 10.9. The Balaban J connectivity index is 2.18. The van der Waals surface area contributed by atoms with E-state index in [4.69, 9.17) is 16.3 Å². The fourth-order valence-electron chi connectivity index (χ4n) is 1.94. The summed E-state index contributed by atoms with van der Waals surface area (Å²) in [5.74, 6) is 1.13. The molecule has 0 bridgehead atoms. The minimum atomic E-state index is -0.0946. The van der Waals surface area contributed by atoms with Crippen molar-refractivity contribution in [3.8, 4) is 0 Å². The third kappa shape index (κ3) is 3.46. The molecule has 1 N–H and O–H groups in total. The number of amides is 1. The molecule has 108 valence electrons. The third-order valence-electron chi connectivity index (χ3n) is 2.83. The topological polar surface area (TPSA) is 69.0 Å². The fraction of sp³-hybridized carbons (Fsp3) is 0.462. The first-order valence-corrected chi connectivity index (χ1v) is 6.91. The highest BCUT2D eigenvalue weighted by atomic mass is 35.5. The third-order valence-corrected chi connectivity index (χ3v) is 3.02. The van der Waals surface area contributed by atoms with Crippen LogP contribution in [0.3, 0.4) is 0 Å². The molecule has 0 fully saturated rings. The maximum Gasteiger partial charge on any atom is 0.240 e. The Labute approximate surface area is 122 Å². The second-order valence-electron chi connectivity index (χ2n) is 4.24. The van der Waals surface area contributed by atoms with E-state index < -0.39 is 0 Å². The molecule has 0 saturated carbocycles. The summed E-state index contributed by atoms with van der Waals surface area (Å²) in [7, 11) is 1.60. The Bertz CT molecular complexity index is 585. The Kier molecular flexibility index (Phi) is 5.31. The van der Waals surface area contributed by atoms with E-state index in [0.29, 0.717) is 31.1 Å². The Hall–Kier alpha value is -1.66. The molecule has 0 aromatic carbocycles. The molecule has 1 amide bonds. The minimum Gasteiger partial charge on any atom is -0.383 e. The van der Waals surface area contributed by atoms with Crippen LogP contribution < -0.4 is 5.32 Å². The lowest BCUT2D eigenvalue weighted by Gasteiger charge is -2.08. The van der Waals surface area contributed by atoms with Gasteiger partial charge in [-0.1, -0.05) is 0 Å². The molecule has 20 heavy (non-hydrogen) atoms. The molecule has 0 atom stereocenters. The monoisotopic (exact) mass is 296 g/mol. The summed E-state index contributed by atoms with van der Waals surface area (Å²) in [6.07, 6.45) is 2.29. The molecule has 0 unspecified atom stereocenters. The number of aryl methyl sites for hydroxylation is 1. The molecule has 0 spiro atoms. The first-order chi connectivity index (χ1) is 9.76. The summed E-state index contributed by atoms with van der Waals surface area (Å²) in [6.45, 7) is 1.16. The second-order valence-corrected chi connectivity index (χ2v) is 4.62. The summed E-state index contributed by atoms with van der Waals surface area (Å²) in [6, 6.07) is 3.70. The standard InChI is InChI=1S/C13H17ClN4O2/c1-20-8-7-15-12(19)9-18-11(4-5-14)17-10-3-2-6-16-13(10)18/h2-3,6H,4-5,7-9H2,1H3,(H,15,19). The number of carbonyl (C=O) groups excluding carboxylic acids is 1. The Morgan fingerprint density at radius 3 is 3.15 bits per heavy atom. The number of alkyl halides is 1. The van der Waals surface area contributed by atoms with Gasteiger partial charge in [0.1, 0.15) is 17.9 Å². The van der Waals surface area contributed by atoms with Crippen LogP contribution in [0.1, 0.15) is 5.82 Å². The van der Waals surface area contributed by atoms with Crippen molar-refractivity contribution in [1.82, 2.24) is 19.9 Å². The molecule has 6 nitrogen and oxygen atoms in total. The molecular formula is C13H17ClN4O2. The lowest BCUT2D eigenvalue weighted by molar-refractivity contribution is -0.121. The molecule has 2 aromatic rings. The van der Waals surface area contributed by atoms with E-state index in [1.165, 1.54) is 0 Å². The number of rotatable bonds is 7. The van der Waals surface area contributed by atoms with Crippen molar-refractivity contribution in [2.45, 2.75) is 13.0 Å². The number of pyridine rings is 1. The molecule has 2 heterocycles. The lowest BCUT2D eigenvalue weighted by Crippen LogP contribution is -2.31. The van der Waals surface area contributed by atoms with Gasteiger partial charge in [-0.2, -0.15) is 0 Å². The largest absolute Gasteiger partial charge is 0.383 e. The zero-order chi connectivity index (χ0) is 14.4. The van der Waals surface area contributed by atoms with E-state index >= 15 is 0 Å². The van der Waals surface area contributed by atoms with E-state index in [0.717, 1.165) is 11.3 Å². The summed E-state index contributed by atoms with van der Waals surface area (Å²) in [5, 5.41) is 2.78. The van der Waals surface area contributed by atoms with Gasteiger partial charge in [0, 0.05) is 32.2 Å². The smallest absolute Gasteiger partial charge is 0.240 e. The minimum absolute atomic E-state index is 0.0946. The average molecular weight is 297 g/mol. The van der Waals surface area contributed by atoms with Gasteiger partial charge in [-0.05, 0) is 12.1 Å². The first-order valence-electron chi connectivity index (χ1n) is 6.38. The predicted molar refractivity (Wildman–Crippen MR) is 76.8 cm³/mol. The van der Waals surface area contributed by atoms with Crippen LogP contribution in [0.5, 0.6) is 0 Å². The zero-order valence-electron chi connectivity index (χ0n) is 11.3. The maximum absolute atomic E-state index is 11.9. The highest BCUT2D eigenvalue weighted by Gasteiger charge is 2.13. The lowest BCUT2D eigenvalue weighted by atomic mass is 10.4. The summed E-state index contributed by atoms with van der Waals surface area (Å²) < 4.78 is 6.70. The number of halogens is 1. The molecule has 0 aliphatic rings. The van der Waals surface area contributed by atoms with Crippen LogP contribution in [0, 0.1) is 0 Å². The molecule has 0 radical (unpaired) electrons. The molecule has 0 aliphatic carbocycles. The Morgan fingerprint density at radius 2 is 2.40 bits per heavy atom. The van der Waals surface area contributed by atoms with Crippen molar-refractivity contribution in [1.29, 1.82) is 0 Å².